The highest BCUT2D eigenvalue weighted by Gasteiger charge is 2.37. The highest BCUT2D eigenvalue weighted by atomic mass is 16.2. The van der Waals surface area contributed by atoms with Crippen LogP contribution in [0, 0.1) is 5.92 Å². The molecule has 0 radical (unpaired) electrons. The highest BCUT2D eigenvalue weighted by molar-refractivity contribution is 5.96. The molecule has 21 heavy (non-hydrogen) atoms. The molecule has 1 unspecified atom stereocenters. The largest absolute Gasteiger partial charge is 0.369 e. The Morgan fingerprint density at radius 3 is 2.62 bits per heavy atom. The van der Waals surface area contributed by atoms with Gasteiger partial charge in [0.15, 0.2) is 0 Å². The standard InChI is InChI=1S/C17H22N2O2/c1-18(17(21)13-10-16(20)11-13)15-8-5-9-19(12-15)14-6-3-2-4-7-14/h2-4,6-7,13,15H,5,8-12H2,1H3. The number of anilines is 1. The molecular weight excluding hydrogens is 264 g/mol. The van der Waals surface area contributed by atoms with E-state index in [1.165, 1.54) is 5.69 Å². The van der Waals surface area contributed by atoms with Crippen LogP contribution in [-0.2, 0) is 9.59 Å². The summed E-state index contributed by atoms with van der Waals surface area (Å²) in [6.45, 7) is 1.93. The number of amides is 1. The Balaban J connectivity index is 1.63. The molecule has 0 bridgehead atoms. The maximum absolute atomic E-state index is 12.4. The fourth-order valence-corrected chi connectivity index (χ4v) is 3.28. The van der Waals surface area contributed by atoms with Gasteiger partial charge in [-0.2, -0.15) is 0 Å². The van der Waals surface area contributed by atoms with Gasteiger partial charge in [0.1, 0.15) is 5.78 Å². The number of nitrogens with zero attached hydrogens (tertiary/aromatic N) is 2. The van der Waals surface area contributed by atoms with Crippen molar-refractivity contribution in [2.24, 2.45) is 5.92 Å². The predicted molar refractivity (Wildman–Crippen MR) is 82.2 cm³/mol. The minimum absolute atomic E-state index is 0.0606. The second-order valence-corrected chi connectivity index (χ2v) is 6.17. The molecular formula is C17H22N2O2. The van der Waals surface area contributed by atoms with Crippen LogP contribution in [0.1, 0.15) is 25.7 Å². The second kappa shape index (κ2) is 5.88. The summed E-state index contributed by atoms with van der Waals surface area (Å²) in [5, 5.41) is 0. The molecule has 112 valence electrons. The Morgan fingerprint density at radius 2 is 1.95 bits per heavy atom. The van der Waals surface area contributed by atoms with Gasteiger partial charge >= 0.3 is 0 Å². The molecule has 1 saturated heterocycles. The van der Waals surface area contributed by atoms with Gasteiger partial charge in [-0.15, -0.1) is 0 Å². The molecule has 1 atom stereocenters. The summed E-state index contributed by atoms with van der Waals surface area (Å²) in [5.74, 6) is 0.306. The molecule has 1 saturated carbocycles. The number of piperidine rings is 1. The maximum atomic E-state index is 12.4. The molecule has 1 amide bonds. The number of hydrogen-bond acceptors (Lipinski definition) is 3. The van der Waals surface area contributed by atoms with Crippen LogP contribution in [0.15, 0.2) is 30.3 Å². The zero-order valence-electron chi connectivity index (χ0n) is 12.5. The van der Waals surface area contributed by atoms with Crippen LogP contribution in [0.25, 0.3) is 0 Å². The number of hydrogen-bond donors (Lipinski definition) is 0. The predicted octanol–water partition coefficient (Wildman–Crippen LogP) is 2.09. The number of benzene rings is 1. The zero-order chi connectivity index (χ0) is 14.8. The molecule has 2 aliphatic rings. The van der Waals surface area contributed by atoms with E-state index in [2.05, 4.69) is 17.0 Å². The average molecular weight is 286 g/mol. The number of carbonyl (C=O) groups excluding carboxylic acids is 2. The van der Waals surface area contributed by atoms with Crippen molar-refractivity contribution in [3.8, 4) is 0 Å². The van der Waals surface area contributed by atoms with E-state index < -0.39 is 0 Å². The lowest BCUT2D eigenvalue weighted by Gasteiger charge is -2.40. The van der Waals surface area contributed by atoms with Gasteiger partial charge in [0, 0.05) is 44.7 Å². The van der Waals surface area contributed by atoms with E-state index in [9.17, 15) is 9.59 Å². The van der Waals surface area contributed by atoms with E-state index in [1.807, 2.05) is 30.1 Å². The van der Waals surface area contributed by atoms with Crippen molar-refractivity contribution in [3.63, 3.8) is 0 Å². The van der Waals surface area contributed by atoms with Crippen LogP contribution in [0.3, 0.4) is 0 Å². The van der Waals surface area contributed by atoms with Crippen molar-refractivity contribution in [2.75, 3.05) is 25.0 Å². The number of likely N-dealkylation sites (N-methyl/N-ethyl adjacent to an activating group) is 1. The normalized spacial score (nSPS) is 22.8. The summed E-state index contributed by atoms with van der Waals surface area (Å²) in [6, 6.07) is 10.6. The molecule has 2 fully saturated rings. The van der Waals surface area contributed by atoms with Crippen molar-refractivity contribution in [3.05, 3.63) is 30.3 Å². The minimum atomic E-state index is -0.0606. The Hall–Kier alpha value is -1.84. The molecule has 0 N–H and O–H groups in total. The van der Waals surface area contributed by atoms with Crippen molar-refractivity contribution in [1.82, 2.24) is 4.90 Å². The second-order valence-electron chi connectivity index (χ2n) is 6.17. The summed E-state index contributed by atoms with van der Waals surface area (Å²) in [7, 11) is 1.89. The molecule has 1 aliphatic carbocycles. The van der Waals surface area contributed by atoms with Crippen molar-refractivity contribution in [1.29, 1.82) is 0 Å². The third-order valence-corrected chi connectivity index (χ3v) is 4.71. The maximum Gasteiger partial charge on any atom is 0.226 e. The Morgan fingerprint density at radius 1 is 1.24 bits per heavy atom. The molecule has 1 aromatic carbocycles. The average Bonchev–Trinajstić information content (AvgIpc) is 2.51. The van der Waals surface area contributed by atoms with Gasteiger partial charge in [0.2, 0.25) is 5.91 Å². The van der Waals surface area contributed by atoms with E-state index >= 15 is 0 Å². The van der Waals surface area contributed by atoms with Crippen LogP contribution >= 0.6 is 0 Å². The molecule has 1 aliphatic heterocycles. The fourth-order valence-electron chi connectivity index (χ4n) is 3.28. The number of ketones is 1. The molecule has 4 heteroatoms. The smallest absolute Gasteiger partial charge is 0.226 e. The summed E-state index contributed by atoms with van der Waals surface area (Å²) in [6.07, 6.45) is 3.03. The molecule has 4 nitrogen and oxygen atoms in total. The van der Waals surface area contributed by atoms with Gasteiger partial charge in [0.05, 0.1) is 5.92 Å². The van der Waals surface area contributed by atoms with Gasteiger partial charge in [-0.3, -0.25) is 9.59 Å². The highest BCUT2D eigenvalue weighted by Crippen LogP contribution is 2.27. The Bertz CT molecular complexity index is 521. The van der Waals surface area contributed by atoms with Crippen molar-refractivity contribution in [2.45, 2.75) is 31.7 Å². The first-order chi connectivity index (χ1) is 10.1. The van der Waals surface area contributed by atoms with Gasteiger partial charge in [-0.05, 0) is 25.0 Å². The first-order valence-electron chi connectivity index (χ1n) is 7.73. The van der Waals surface area contributed by atoms with Gasteiger partial charge in [-0.25, -0.2) is 0 Å². The zero-order valence-corrected chi connectivity index (χ0v) is 12.5. The lowest BCUT2D eigenvalue weighted by Crippen LogP contribution is -2.51. The molecule has 1 aromatic rings. The van der Waals surface area contributed by atoms with Gasteiger partial charge in [0.25, 0.3) is 0 Å². The SMILES string of the molecule is CN(C(=O)C1CC(=O)C1)C1CCCN(c2ccccc2)C1. The van der Waals surface area contributed by atoms with Crippen LogP contribution in [0.4, 0.5) is 5.69 Å². The lowest BCUT2D eigenvalue weighted by molar-refractivity contribution is -0.145. The quantitative estimate of drug-likeness (QED) is 0.854. The molecule has 3 rings (SSSR count). The van der Waals surface area contributed by atoms with Gasteiger partial charge < -0.3 is 9.80 Å². The number of carbonyl (C=O) groups is 2. The van der Waals surface area contributed by atoms with Crippen LogP contribution in [-0.4, -0.2) is 42.8 Å². The number of para-hydroxylation sites is 1. The summed E-state index contributed by atoms with van der Waals surface area (Å²) in [5.41, 5.74) is 1.22. The van der Waals surface area contributed by atoms with Crippen molar-refractivity contribution < 1.29 is 9.59 Å². The van der Waals surface area contributed by atoms with E-state index in [0.717, 1.165) is 25.9 Å². The van der Waals surface area contributed by atoms with Gasteiger partial charge in [-0.1, -0.05) is 18.2 Å². The summed E-state index contributed by atoms with van der Waals surface area (Å²) >= 11 is 0. The minimum Gasteiger partial charge on any atom is -0.369 e. The fraction of sp³-hybridized carbons (Fsp3) is 0.529. The van der Waals surface area contributed by atoms with E-state index in [4.69, 9.17) is 0 Å². The molecule has 0 spiro atoms. The third kappa shape index (κ3) is 2.94. The molecule has 1 heterocycles. The van der Waals surface area contributed by atoms with Crippen molar-refractivity contribution >= 4 is 17.4 Å². The third-order valence-electron chi connectivity index (χ3n) is 4.71. The Labute approximate surface area is 125 Å². The lowest BCUT2D eigenvalue weighted by atomic mass is 9.82. The summed E-state index contributed by atoms with van der Waals surface area (Å²) in [4.78, 5) is 27.7. The van der Waals surface area contributed by atoms with E-state index in [1.54, 1.807) is 0 Å². The van der Waals surface area contributed by atoms with E-state index in [0.29, 0.717) is 12.8 Å². The first-order valence-corrected chi connectivity index (χ1v) is 7.73. The topological polar surface area (TPSA) is 40.6 Å². The number of rotatable bonds is 3. The van der Waals surface area contributed by atoms with E-state index in [-0.39, 0.29) is 23.7 Å². The Kier molecular flexibility index (Phi) is 3.95. The summed E-state index contributed by atoms with van der Waals surface area (Å²) < 4.78 is 0. The monoisotopic (exact) mass is 286 g/mol. The first kappa shape index (κ1) is 14.1. The van der Waals surface area contributed by atoms with Crippen LogP contribution in [0.2, 0.25) is 0 Å². The van der Waals surface area contributed by atoms with Crippen LogP contribution < -0.4 is 4.90 Å². The molecule has 0 aromatic heterocycles. The number of Topliss-reactive ketones (excluding diaryl/α,β-unsaturated/α-hetero) is 1. The van der Waals surface area contributed by atoms with Crippen LogP contribution in [0.5, 0.6) is 0 Å².